The zero-order chi connectivity index (χ0) is 20.1. The Morgan fingerprint density at radius 1 is 1.00 bits per heavy atom. The summed E-state index contributed by atoms with van der Waals surface area (Å²) in [5.41, 5.74) is 2.70. The van der Waals surface area contributed by atoms with Crippen LogP contribution in [-0.4, -0.2) is 34.1 Å². The molecule has 0 spiro atoms. The zero-order valence-electron chi connectivity index (χ0n) is 16.7. The number of hydrogen-bond donors (Lipinski definition) is 0. The van der Waals surface area contributed by atoms with E-state index in [0.29, 0.717) is 19.6 Å². The van der Waals surface area contributed by atoms with Gasteiger partial charge in [0, 0.05) is 38.7 Å². The molecule has 0 bridgehead atoms. The maximum Gasteiger partial charge on any atom is 0.329 e. The normalized spacial score (nSPS) is 11.0. The Labute approximate surface area is 164 Å². The Hall–Kier alpha value is -3.02. The van der Waals surface area contributed by atoms with Gasteiger partial charge in [-0.25, -0.2) is 4.79 Å². The number of amides is 1. The lowest BCUT2D eigenvalue weighted by Crippen LogP contribution is -2.30. The molecule has 0 aliphatic carbocycles. The third kappa shape index (κ3) is 3.96. The van der Waals surface area contributed by atoms with Gasteiger partial charge in [0.2, 0.25) is 5.91 Å². The molecule has 3 aromatic rings. The van der Waals surface area contributed by atoms with Crippen LogP contribution in [0.5, 0.6) is 5.75 Å². The highest BCUT2D eigenvalue weighted by atomic mass is 16.5. The molecule has 0 atom stereocenters. The maximum atomic E-state index is 12.8. The molecule has 3 rings (SSSR count). The van der Waals surface area contributed by atoms with Gasteiger partial charge in [-0.2, -0.15) is 0 Å². The van der Waals surface area contributed by atoms with Gasteiger partial charge in [0.15, 0.2) is 0 Å². The first-order chi connectivity index (χ1) is 13.6. The predicted molar refractivity (Wildman–Crippen MR) is 111 cm³/mol. The summed E-state index contributed by atoms with van der Waals surface area (Å²) in [6, 6.07) is 15.4. The van der Waals surface area contributed by atoms with Crippen molar-refractivity contribution in [3.8, 4) is 5.75 Å². The number of ether oxygens (including phenoxy) is 1. The minimum Gasteiger partial charge on any atom is -0.496 e. The van der Waals surface area contributed by atoms with E-state index < -0.39 is 0 Å². The number of imidazole rings is 1. The third-order valence-corrected chi connectivity index (χ3v) is 4.95. The number of carbonyl (C=O) groups is 1. The number of para-hydroxylation sites is 3. The van der Waals surface area contributed by atoms with Crippen LogP contribution in [0.25, 0.3) is 11.0 Å². The number of nitrogens with zero attached hydrogens (tertiary/aromatic N) is 3. The van der Waals surface area contributed by atoms with E-state index in [2.05, 4.69) is 6.92 Å². The SMILES string of the molecule is CCCn1c(=O)n(CCC(=O)N(C)Cc2ccccc2OC)c2ccccc21. The minimum atomic E-state index is -0.0526. The second-order valence-electron chi connectivity index (χ2n) is 6.89. The molecule has 6 nitrogen and oxygen atoms in total. The molecule has 6 heteroatoms. The Morgan fingerprint density at radius 2 is 1.61 bits per heavy atom. The average molecular weight is 381 g/mol. The molecule has 0 radical (unpaired) electrons. The molecule has 0 aliphatic rings. The molecule has 0 fully saturated rings. The summed E-state index contributed by atoms with van der Waals surface area (Å²) >= 11 is 0. The van der Waals surface area contributed by atoms with Crippen LogP contribution < -0.4 is 10.4 Å². The zero-order valence-corrected chi connectivity index (χ0v) is 16.7. The first-order valence-electron chi connectivity index (χ1n) is 9.60. The van der Waals surface area contributed by atoms with Gasteiger partial charge in [-0.1, -0.05) is 37.3 Å². The topological polar surface area (TPSA) is 56.5 Å². The molecule has 28 heavy (non-hydrogen) atoms. The van der Waals surface area contributed by atoms with Crippen molar-refractivity contribution in [2.75, 3.05) is 14.2 Å². The molecule has 2 aromatic carbocycles. The highest BCUT2D eigenvalue weighted by Crippen LogP contribution is 2.19. The molecule has 1 heterocycles. The van der Waals surface area contributed by atoms with Crippen LogP contribution in [0.3, 0.4) is 0 Å². The molecular weight excluding hydrogens is 354 g/mol. The summed E-state index contributed by atoms with van der Waals surface area (Å²) in [5, 5.41) is 0. The van der Waals surface area contributed by atoms with Gasteiger partial charge in [0.05, 0.1) is 18.1 Å². The summed E-state index contributed by atoms with van der Waals surface area (Å²) in [6.45, 7) is 3.56. The van der Waals surface area contributed by atoms with Crippen molar-refractivity contribution in [3.05, 3.63) is 64.6 Å². The summed E-state index contributed by atoms with van der Waals surface area (Å²) in [7, 11) is 3.40. The molecular formula is C22H27N3O3. The largest absolute Gasteiger partial charge is 0.496 e. The van der Waals surface area contributed by atoms with Crippen molar-refractivity contribution in [2.45, 2.75) is 39.4 Å². The lowest BCUT2D eigenvalue weighted by Gasteiger charge is -2.19. The van der Waals surface area contributed by atoms with Gasteiger partial charge >= 0.3 is 5.69 Å². The van der Waals surface area contributed by atoms with Crippen molar-refractivity contribution >= 4 is 16.9 Å². The van der Waals surface area contributed by atoms with E-state index in [4.69, 9.17) is 4.74 Å². The fourth-order valence-electron chi connectivity index (χ4n) is 3.50. The lowest BCUT2D eigenvalue weighted by atomic mass is 10.2. The fourth-order valence-corrected chi connectivity index (χ4v) is 3.50. The van der Waals surface area contributed by atoms with E-state index in [1.54, 1.807) is 28.2 Å². The van der Waals surface area contributed by atoms with E-state index in [-0.39, 0.29) is 18.0 Å². The van der Waals surface area contributed by atoms with Gasteiger partial charge in [-0.3, -0.25) is 13.9 Å². The van der Waals surface area contributed by atoms with Crippen molar-refractivity contribution in [3.63, 3.8) is 0 Å². The van der Waals surface area contributed by atoms with Crippen LogP contribution in [0.15, 0.2) is 53.3 Å². The van der Waals surface area contributed by atoms with Crippen LogP contribution in [0.2, 0.25) is 0 Å². The van der Waals surface area contributed by atoms with Crippen LogP contribution in [-0.2, 0) is 24.4 Å². The second kappa shape index (κ2) is 8.78. The van der Waals surface area contributed by atoms with Gasteiger partial charge in [0.1, 0.15) is 5.75 Å². The van der Waals surface area contributed by atoms with E-state index in [9.17, 15) is 9.59 Å². The second-order valence-corrected chi connectivity index (χ2v) is 6.89. The van der Waals surface area contributed by atoms with E-state index in [1.807, 2.05) is 48.5 Å². The van der Waals surface area contributed by atoms with Crippen LogP contribution in [0, 0.1) is 0 Å². The van der Waals surface area contributed by atoms with E-state index in [0.717, 1.165) is 28.8 Å². The highest BCUT2D eigenvalue weighted by molar-refractivity contribution is 5.78. The van der Waals surface area contributed by atoms with Crippen molar-refractivity contribution in [2.24, 2.45) is 0 Å². The predicted octanol–water partition coefficient (Wildman–Crippen LogP) is 3.27. The average Bonchev–Trinajstić information content (AvgIpc) is 2.98. The van der Waals surface area contributed by atoms with Crippen LogP contribution >= 0.6 is 0 Å². The number of benzene rings is 2. The van der Waals surface area contributed by atoms with Gasteiger partial charge < -0.3 is 9.64 Å². The molecule has 1 aromatic heterocycles. The highest BCUT2D eigenvalue weighted by Gasteiger charge is 2.16. The Morgan fingerprint density at radius 3 is 2.25 bits per heavy atom. The number of methoxy groups -OCH3 is 1. The molecule has 0 unspecified atom stereocenters. The summed E-state index contributed by atoms with van der Waals surface area (Å²) in [6.07, 6.45) is 1.15. The van der Waals surface area contributed by atoms with Crippen molar-refractivity contribution < 1.29 is 9.53 Å². The Balaban J connectivity index is 1.74. The van der Waals surface area contributed by atoms with E-state index in [1.165, 1.54) is 0 Å². The quantitative estimate of drug-likeness (QED) is 0.602. The fraction of sp³-hybridized carbons (Fsp3) is 0.364. The molecule has 0 saturated carbocycles. The summed E-state index contributed by atoms with van der Waals surface area (Å²) < 4.78 is 8.86. The molecule has 0 N–H and O–H groups in total. The Bertz CT molecular complexity index is 1020. The summed E-state index contributed by atoms with van der Waals surface area (Å²) in [4.78, 5) is 27.2. The van der Waals surface area contributed by atoms with Crippen molar-refractivity contribution in [1.82, 2.24) is 14.0 Å². The van der Waals surface area contributed by atoms with Crippen LogP contribution in [0.1, 0.15) is 25.3 Å². The molecule has 0 saturated heterocycles. The molecule has 0 aliphatic heterocycles. The number of aryl methyl sites for hydroxylation is 2. The smallest absolute Gasteiger partial charge is 0.329 e. The first kappa shape index (κ1) is 19.7. The third-order valence-electron chi connectivity index (χ3n) is 4.95. The standard InChI is InChI=1S/C22H27N3O3/c1-4-14-24-18-10-6-7-11-19(18)25(22(24)27)15-13-21(26)23(2)16-17-9-5-8-12-20(17)28-3/h5-12H,4,13-16H2,1-3H3. The number of fused-ring (bicyclic) bond motifs is 1. The number of carbonyl (C=O) groups excluding carboxylic acids is 1. The van der Waals surface area contributed by atoms with E-state index >= 15 is 0 Å². The lowest BCUT2D eigenvalue weighted by molar-refractivity contribution is -0.130. The number of aromatic nitrogens is 2. The summed E-state index contributed by atoms with van der Waals surface area (Å²) in [5.74, 6) is 0.756. The number of hydrogen-bond acceptors (Lipinski definition) is 3. The Kier molecular flexibility index (Phi) is 6.19. The first-order valence-corrected chi connectivity index (χ1v) is 9.60. The van der Waals surface area contributed by atoms with Crippen molar-refractivity contribution in [1.29, 1.82) is 0 Å². The monoisotopic (exact) mass is 381 g/mol. The van der Waals surface area contributed by atoms with Gasteiger partial charge in [-0.15, -0.1) is 0 Å². The van der Waals surface area contributed by atoms with Crippen LogP contribution in [0.4, 0.5) is 0 Å². The van der Waals surface area contributed by atoms with Gasteiger partial charge in [0.25, 0.3) is 0 Å². The molecule has 148 valence electrons. The molecule has 1 amide bonds. The minimum absolute atomic E-state index is 0.00914. The number of rotatable bonds is 8. The maximum absolute atomic E-state index is 12.8. The van der Waals surface area contributed by atoms with Gasteiger partial charge in [-0.05, 0) is 24.6 Å².